The molecule has 0 N–H and O–H groups in total. The molecule has 17 heavy (non-hydrogen) atoms. The van der Waals surface area contributed by atoms with E-state index in [9.17, 15) is 13.2 Å². The summed E-state index contributed by atoms with van der Waals surface area (Å²) in [6.45, 7) is 2.16. The fourth-order valence-corrected chi connectivity index (χ4v) is 1.57. The highest BCUT2D eigenvalue weighted by Gasteiger charge is 2.09. The Labute approximate surface area is 104 Å². The van der Waals surface area contributed by atoms with E-state index in [4.69, 9.17) is 0 Å². The van der Waals surface area contributed by atoms with Gasteiger partial charge in [-0.2, -0.15) is 8.42 Å². The van der Waals surface area contributed by atoms with E-state index in [0.29, 0.717) is 6.42 Å². The maximum atomic E-state index is 11.0. The molecule has 0 bridgehead atoms. The van der Waals surface area contributed by atoms with E-state index in [2.05, 4.69) is 16.1 Å². The van der Waals surface area contributed by atoms with Crippen molar-refractivity contribution in [3.05, 3.63) is 0 Å². The molecule has 0 spiro atoms. The van der Waals surface area contributed by atoms with E-state index in [1.165, 1.54) is 25.7 Å². The molecule has 0 unspecified atom stereocenters. The molecule has 0 amide bonds. The molecular weight excluding hydrogens is 244 g/mol. The van der Waals surface area contributed by atoms with E-state index in [1.807, 2.05) is 0 Å². The summed E-state index contributed by atoms with van der Waals surface area (Å²) in [5.41, 5.74) is 0. The van der Waals surface area contributed by atoms with Crippen LogP contribution in [-0.4, -0.2) is 20.6 Å². The molecule has 0 aliphatic carbocycles. The number of hydrogen-bond donors (Lipinski definition) is 0. The van der Waals surface area contributed by atoms with Gasteiger partial charge in [-0.25, -0.2) is 4.79 Å². The molecule has 0 fully saturated rings. The second-order valence-electron chi connectivity index (χ2n) is 4.10. The molecule has 6 heteroatoms. The van der Waals surface area contributed by atoms with Gasteiger partial charge >= 0.3 is 5.97 Å². The van der Waals surface area contributed by atoms with Crippen molar-refractivity contribution in [3.8, 4) is 0 Å². The quantitative estimate of drug-likeness (QED) is 0.345. The zero-order valence-corrected chi connectivity index (χ0v) is 11.4. The van der Waals surface area contributed by atoms with Gasteiger partial charge in [0.25, 0.3) is 10.1 Å². The Morgan fingerprint density at radius 3 is 2.06 bits per heavy atom. The molecule has 0 saturated heterocycles. The standard InChI is InChI=1S/C11H22O5S/c1-3-4-5-6-7-8-9-10-11(12)15-16-17(2,13)14/h3-10H2,1-2H3. The first-order valence-corrected chi connectivity index (χ1v) is 7.86. The third-order valence-corrected chi connectivity index (χ3v) is 2.55. The summed E-state index contributed by atoms with van der Waals surface area (Å²) in [6.07, 6.45) is 8.67. The van der Waals surface area contributed by atoms with Crippen LogP contribution in [0.3, 0.4) is 0 Å². The first kappa shape index (κ1) is 16.4. The van der Waals surface area contributed by atoms with Crippen LogP contribution in [0.4, 0.5) is 0 Å². The van der Waals surface area contributed by atoms with Crippen LogP contribution in [0.2, 0.25) is 0 Å². The normalized spacial score (nSPS) is 11.4. The molecular formula is C11H22O5S. The molecule has 102 valence electrons. The van der Waals surface area contributed by atoms with Gasteiger partial charge in [0, 0.05) is 6.42 Å². The highest BCUT2D eigenvalue weighted by molar-refractivity contribution is 7.85. The predicted molar refractivity (Wildman–Crippen MR) is 64.6 cm³/mol. The van der Waals surface area contributed by atoms with E-state index >= 15 is 0 Å². The van der Waals surface area contributed by atoms with Crippen molar-refractivity contribution in [3.63, 3.8) is 0 Å². The topological polar surface area (TPSA) is 69.7 Å². The number of rotatable bonds is 10. The van der Waals surface area contributed by atoms with Crippen LogP contribution in [0.1, 0.15) is 58.3 Å². The van der Waals surface area contributed by atoms with E-state index in [-0.39, 0.29) is 6.42 Å². The van der Waals surface area contributed by atoms with Crippen LogP contribution in [-0.2, 0) is 24.1 Å². The number of hydrogen-bond acceptors (Lipinski definition) is 5. The summed E-state index contributed by atoms with van der Waals surface area (Å²) in [7, 11) is -3.71. The number of carbonyl (C=O) groups excluding carboxylic acids is 1. The molecule has 0 aliphatic heterocycles. The van der Waals surface area contributed by atoms with Crippen LogP contribution in [0.5, 0.6) is 0 Å². The lowest BCUT2D eigenvalue weighted by atomic mass is 10.1. The summed E-state index contributed by atoms with van der Waals surface area (Å²) in [6, 6.07) is 0. The lowest BCUT2D eigenvalue weighted by molar-refractivity contribution is -0.211. The predicted octanol–water partition coefficient (Wildman–Crippen LogP) is 2.56. The second kappa shape index (κ2) is 9.41. The SMILES string of the molecule is CCCCCCCCCC(=O)OOS(C)(=O)=O. The number of carbonyl (C=O) groups is 1. The largest absolute Gasteiger partial charge is 0.343 e. The Kier molecular flexibility index (Phi) is 9.07. The Balaban J connectivity index is 3.34. The van der Waals surface area contributed by atoms with Gasteiger partial charge < -0.3 is 0 Å². The molecule has 0 rings (SSSR count). The van der Waals surface area contributed by atoms with Crippen molar-refractivity contribution in [2.45, 2.75) is 58.3 Å². The zero-order valence-electron chi connectivity index (χ0n) is 10.6. The molecule has 0 aromatic rings. The first-order chi connectivity index (χ1) is 7.95. The van der Waals surface area contributed by atoms with Gasteiger partial charge in [-0.3, -0.25) is 4.89 Å². The minimum Gasteiger partial charge on any atom is -0.282 e. The Bertz CT molecular complexity index is 297. The summed E-state index contributed by atoms with van der Waals surface area (Å²) in [5.74, 6) is -0.635. The van der Waals surface area contributed by atoms with Crippen LogP contribution >= 0.6 is 0 Å². The van der Waals surface area contributed by atoms with Gasteiger partial charge in [-0.05, 0) is 6.42 Å². The molecule has 0 aromatic carbocycles. The van der Waals surface area contributed by atoms with Gasteiger partial charge in [0.05, 0.1) is 6.26 Å². The minimum absolute atomic E-state index is 0.198. The smallest absolute Gasteiger partial charge is 0.282 e. The van der Waals surface area contributed by atoms with Crippen LogP contribution in [0.15, 0.2) is 0 Å². The third kappa shape index (κ3) is 13.3. The summed E-state index contributed by atoms with van der Waals surface area (Å²) in [4.78, 5) is 15.1. The fourth-order valence-electron chi connectivity index (χ4n) is 1.37. The first-order valence-electron chi connectivity index (χ1n) is 6.04. The maximum Gasteiger partial charge on any atom is 0.343 e. The van der Waals surface area contributed by atoms with Gasteiger partial charge in [0.2, 0.25) is 0 Å². The van der Waals surface area contributed by atoms with E-state index < -0.39 is 16.1 Å². The van der Waals surface area contributed by atoms with Gasteiger partial charge in [0.1, 0.15) is 0 Å². The highest BCUT2D eigenvalue weighted by Crippen LogP contribution is 2.09. The third-order valence-electron chi connectivity index (χ3n) is 2.24. The van der Waals surface area contributed by atoms with Crippen molar-refractivity contribution >= 4 is 16.1 Å². The molecule has 5 nitrogen and oxygen atoms in total. The molecule has 0 atom stereocenters. The van der Waals surface area contributed by atoms with Gasteiger partial charge in [0.15, 0.2) is 0 Å². The lowest BCUT2D eigenvalue weighted by Crippen LogP contribution is -2.10. The van der Waals surface area contributed by atoms with E-state index in [0.717, 1.165) is 19.1 Å². The van der Waals surface area contributed by atoms with Crippen molar-refractivity contribution in [2.75, 3.05) is 6.26 Å². The van der Waals surface area contributed by atoms with Crippen LogP contribution in [0, 0.1) is 0 Å². The van der Waals surface area contributed by atoms with Crippen LogP contribution in [0.25, 0.3) is 0 Å². The maximum absolute atomic E-state index is 11.0. The number of unbranched alkanes of at least 4 members (excludes halogenated alkanes) is 6. The Hall–Kier alpha value is -0.620. The second-order valence-corrected chi connectivity index (χ2v) is 5.64. The summed E-state index contributed by atoms with van der Waals surface area (Å²) in [5, 5.41) is 0. The average molecular weight is 266 g/mol. The lowest BCUT2D eigenvalue weighted by Gasteiger charge is -2.01. The average Bonchev–Trinajstić information content (AvgIpc) is 2.24. The zero-order chi connectivity index (χ0) is 13.1. The van der Waals surface area contributed by atoms with Crippen molar-refractivity contribution in [1.29, 1.82) is 0 Å². The molecule has 0 heterocycles. The van der Waals surface area contributed by atoms with Gasteiger partial charge in [-0.15, -0.1) is 0 Å². The Morgan fingerprint density at radius 2 is 1.53 bits per heavy atom. The van der Waals surface area contributed by atoms with E-state index in [1.54, 1.807) is 0 Å². The van der Waals surface area contributed by atoms with Crippen molar-refractivity contribution in [1.82, 2.24) is 0 Å². The molecule has 0 radical (unpaired) electrons. The molecule has 0 aromatic heterocycles. The monoisotopic (exact) mass is 266 g/mol. The highest BCUT2D eigenvalue weighted by atomic mass is 32.2. The fraction of sp³-hybridized carbons (Fsp3) is 0.909. The van der Waals surface area contributed by atoms with Crippen LogP contribution < -0.4 is 0 Å². The van der Waals surface area contributed by atoms with Gasteiger partial charge in [-0.1, -0.05) is 49.8 Å². The minimum atomic E-state index is -3.71. The van der Waals surface area contributed by atoms with Crippen molar-refractivity contribution < 1.29 is 22.4 Å². The summed E-state index contributed by atoms with van der Waals surface area (Å²) >= 11 is 0. The summed E-state index contributed by atoms with van der Waals surface area (Å²) < 4.78 is 24.9. The Morgan fingerprint density at radius 1 is 1.00 bits per heavy atom. The molecule has 0 aliphatic rings. The molecule has 0 saturated carbocycles. The van der Waals surface area contributed by atoms with Crippen molar-refractivity contribution in [2.24, 2.45) is 0 Å².